The van der Waals surface area contributed by atoms with E-state index in [1.165, 1.54) is 23.1 Å². The summed E-state index contributed by atoms with van der Waals surface area (Å²) in [5.41, 5.74) is 2.18. The average Bonchev–Trinajstić information content (AvgIpc) is 3.13. The Morgan fingerprint density at radius 1 is 1.31 bits per heavy atom. The molecular formula is C23H23ClN4O2S2. The highest BCUT2D eigenvalue weighted by Gasteiger charge is 2.18. The van der Waals surface area contributed by atoms with Gasteiger partial charge in [-0.2, -0.15) is 0 Å². The molecule has 0 fully saturated rings. The molecule has 0 radical (unpaired) electrons. The fourth-order valence-electron chi connectivity index (χ4n) is 3.28. The molecule has 3 heterocycles. The fourth-order valence-corrected chi connectivity index (χ4v) is 5.30. The number of halogens is 1. The van der Waals surface area contributed by atoms with Crippen molar-refractivity contribution in [1.29, 1.82) is 0 Å². The number of thiophene rings is 1. The number of aryl methyl sites for hydroxylation is 1. The lowest BCUT2D eigenvalue weighted by atomic mass is 10.1. The van der Waals surface area contributed by atoms with Gasteiger partial charge in [-0.05, 0) is 49.1 Å². The van der Waals surface area contributed by atoms with E-state index >= 15 is 0 Å². The van der Waals surface area contributed by atoms with E-state index in [4.69, 9.17) is 16.6 Å². The first-order valence-electron chi connectivity index (χ1n) is 10.3. The predicted octanol–water partition coefficient (Wildman–Crippen LogP) is 5.74. The summed E-state index contributed by atoms with van der Waals surface area (Å²) >= 11 is 8.69. The predicted molar refractivity (Wildman–Crippen MR) is 134 cm³/mol. The van der Waals surface area contributed by atoms with Crippen molar-refractivity contribution in [2.75, 3.05) is 11.1 Å². The molecule has 0 aliphatic rings. The van der Waals surface area contributed by atoms with Crippen LogP contribution in [-0.4, -0.2) is 26.2 Å². The summed E-state index contributed by atoms with van der Waals surface area (Å²) in [6, 6.07) is 9.14. The summed E-state index contributed by atoms with van der Waals surface area (Å²) in [5.74, 6) is 0.391. The molecule has 4 rings (SSSR count). The van der Waals surface area contributed by atoms with E-state index in [1.807, 2.05) is 25.1 Å². The first-order valence-corrected chi connectivity index (χ1v) is 12.5. The van der Waals surface area contributed by atoms with Crippen molar-refractivity contribution in [2.24, 2.45) is 5.92 Å². The van der Waals surface area contributed by atoms with E-state index in [0.29, 0.717) is 38.5 Å². The van der Waals surface area contributed by atoms with Crippen LogP contribution < -0.4 is 10.9 Å². The minimum atomic E-state index is -0.179. The van der Waals surface area contributed by atoms with Crippen molar-refractivity contribution < 1.29 is 4.79 Å². The van der Waals surface area contributed by atoms with E-state index < -0.39 is 0 Å². The second-order valence-electron chi connectivity index (χ2n) is 7.97. The molecule has 0 bridgehead atoms. The Labute approximate surface area is 199 Å². The standard InChI is InChI=1S/C23H23ClN4O2S2/c1-13(2)8-10-28-22(30)20-19(16-5-4-9-25-21(16)32-20)27-23(28)31-12-18(29)26-17-11-15(24)7-6-14(17)3/h4-7,9,11,13H,8,10,12H2,1-3H3,(H,26,29). The number of aromatic nitrogens is 3. The van der Waals surface area contributed by atoms with Crippen LogP contribution in [0, 0.1) is 12.8 Å². The molecule has 9 heteroatoms. The largest absolute Gasteiger partial charge is 0.325 e. The van der Waals surface area contributed by atoms with Gasteiger partial charge in [-0.3, -0.25) is 14.2 Å². The number of thioether (sulfide) groups is 1. The molecule has 0 saturated heterocycles. The highest BCUT2D eigenvalue weighted by Crippen LogP contribution is 2.30. The van der Waals surface area contributed by atoms with Gasteiger partial charge in [0.05, 0.1) is 11.3 Å². The monoisotopic (exact) mass is 486 g/mol. The quantitative estimate of drug-likeness (QED) is 0.266. The van der Waals surface area contributed by atoms with Gasteiger partial charge in [-0.1, -0.05) is 43.3 Å². The third-order valence-electron chi connectivity index (χ3n) is 5.05. The topological polar surface area (TPSA) is 76.9 Å². The number of anilines is 1. The maximum atomic E-state index is 13.3. The number of hydrogen-bond donors (Lipinski definition) is 1. The number of nitrogens with one attached hydrogen (secondary N) is 1. The number of amides is 1. The van der Waals surface area contributed by atoms with Crippen LogP contribution in [0.5, 0.6) is 0 Å². The van der Waals surface area contributed by atoms with Gasteiger partial charge < -0.3 is 5.32 Å². The molecule has 0 atom stereocenters. The van der Waals surface area contributed by atoms with E-state index in [1.54, 1.807) is 22.9 Å². The van der Waals surface area contributed by atoms with Crippen molar-refractivity contribution >= 4 is 66.7 Å². The highest BCUT2D eigenvalue weighted by atomic mass is 35.5. The van der Waals surface area contributed by atoms with Gasteiger partial charge in [0.2, 0.25) is 5.91 Å². The summed E-state index contributed by atoms with van der Waals surface area (Å²) in [4.78, 5) is 35.9. The molecule has 0 saturated carbocycles. The Balaban J connectivity index is 1.65. The third-order valence-corrected chi connectivity index (χ3v) is 7.36. The zero-order valence-corrected chi connectivity index (χ0v) is 20.4. The Hall–Kier alpha value is -2.42. The minimum absolute atomic E-state index is 0.0766. The van der Waals surface area contributed by atoms with Gasteiger partial charge in [-0.15, -0.1) is 11.3 Å². The number of benzene rings is 1. The van der Waals surface area contributed by atoms with Gasteiger partial charge in [0.1, 0.15) is 9.53 Å². The van der Waals surface area contributed by atoms with Crippen LogP contribution in [0.3, 0.4) is 0 Å². The molecule has 6 nitrogen and oxygen atoms in total. The third kappa shape index (κ3) is 4.82. The minimum Gasteiger partial charge on any atom is -0.325 e. The molecular weight excluding hydrogens is 464 g/mol. The number of carbonyl (C=O) groups is 1. The van der Waals surface area contributed by atoms with Gasteiger partial charge in [0, 0.05) is 28.8 Å². The molecule has 0 aliphatic carbocycles. The zero-order valence-electron chi connectivity index (χ0n) is 18.0. The maximum absolute atomic E-state index is 13.3. The van der Waals surface area contributed by atoms with Gasteiger partial charge >= 0.3 is 0 Å². The number of fused-ring (bicyclic) bond motifs is 3. The molecule has 0 aliphatic heterocycles. The molecule has 4 aromatic rings. The highest BCUT2D eigenvalue weighted by molar-refractivity contribution is 7.99. The number of nitrogens with zero attached hydrogens (tertiary/aromatic N) is 3. The van der Waals surface area contributed by atoms with Gasteiger partial charge in [0.15, 0.2) is 5.16 Å². The Kier molecular flexibility index (Phi) is 6.83. The van der Waals surface area contributed by atoms with Crippen LogP contribution in [0.25, 0.3) is 20.4 Å². The lowest BCUT2D eigenvalue weighted by Gasteiger charge is -2.13. The molecule has 1 aromatic carbocycles. The summed E-state index contributed by atoms with van der Waals surface area (Å²) in [5, 5.41) is 4.87. The lowest BCUT2D eigenvalue weighted by Crippen LogP contribution is -2.24. The van der Waals surface area contributed by atoms with Crippen LogP contribution in [0.15, 0.2) is 46.5 Å². The lowest BCUT2D eigenvalue weighted by molar-refractivity contribution is -0.113. The smallest absolute Gasteiger partial charge is 0.272 e. The zero-order chi connectivity index (χ0) is 22.8. The molecule has 0 spiro atoms. The molecule has 0 unspecified atom stereocenters. The second-order valence-corrected chi connectivity index (χ2v) is 10.3. The molecule has 1 amide bonds. The number of rotatable bonds is 7. The van der Waals surface area contributed by atoms with Gasteiger partial charge in [0.25, 0.3) is 5.56 Å². The van der Waals surface area contributed by atoms with Crippen LogP contribution in [0.2, 0.25) is 5.02 Å². The summed E-state index contributed by atoms with van der Waals surface area (Å²) < 4.78 is 2.30. The fraction of sp³-hybridized carbons (Fsp3) is 0.304. The molecule has 3 aromatic heterocycles. The second kappa shape index (κ2) is 9.60. The SMILES string of the molecule is Cc1ccc(Cl)cc1NC(=O)CSc1nc2c(sc3ncccc32)c(=O)n1CCC(C)C. The van der Waals surface area contributed by atoms with E-state index in [9.17, 15) is 9.59 Å². The Morgan fingerprint density at radius 3 is 2.91 bits per heavy atom. The van der Waals surface area contributed by atoms with Crippen LogP contribution >= 0.6 is 34.7 Å². The molecule has 1 N–H and O–H groups in total. The van der Waals surface area contributed by atoms with Crippen molar-refractivity contribution in [3.8, 4) is 0 Å². The first kappa shape index (κ1) is 22.8. The number of carbonyl (C=O) groups excluding carboxylic acids is 1. The van der Waals surface area contributed by atoms with Crippen molar-refractivity contribution in [2.45, 2.75) is 38.9 Å². The van der Waals surface area contributed by atoms with Crippen molar-refractivity contribution in [3.05, 3.63) is 57.5 Å². The first-order chi connectivity index (χ1) is 15.3. The average molecular weight is 487 g/mol. The van der Waals surface area contributed by atoms with Crippen LogP contribution in [0.1, 0.15) is 25.8 Å². The van der Waals surface area contributed by atoms with E-state index in [0.717, 1.165) is 22.2 Å². The summed E-state index contributed by atoms with van der Waals surface area (Å²) in [6.45, 7) is 6.70. The van der Waals surface area contributed by atoms with E-state index in [-0.39, 0.29) is 17.2 Å². The maximum Gasteiger partial charge on any atom is 0.272 e. The van der Waals surface area contributed by atoms with Crippen molar-refractivity contribution in [3.63, 3.8) is 0 Å². The Morgan fingerprint density at radius 2 is 2.12 bits per heavy atom. The molecule has 166 valence electrons. The summed E-state index contributed by atoms with van der Waals surface area (Å²) in [6.07, 6.45) is 2.56. The number of hydrogen-bond acceptors (Lipinski definition) is 6. The number of pyridine rings is 1. The van der Waals surface area contributed by atoms with Crippen molar-refractivity contribution in [1.82, 2.24) is 14.5 Å². The van der Waals surface area contributed by atoms with Gasteiger partial charge in [-0.25, -0.2) is 9.97 Å². The Bertz CT molecular complexity index is 1360. The van der Waals surface area contributed by atoms with Crippen LogP contribution in [-0.2, 0) is 11.3 Å². The van der Waals surface area contributed by atoms with Crippen LogP contribution in [0.4, 0.5) is 5.69 Å². The molecule has 32 heavy (non-hydrogen) atoms. The normalized spacial score (nSPS) is 11.5. The summed E-state index contributed by atoms with van der Waals surface area (Å²) in [7, 11) is 0. The van der Waals surface area contributed by atoms with E-state index in [2.05, 4.69) is 24.1 Å².